The molecule has 0 bridgehead atoms. The normalized spacial score (nSPS) is 21.6. The first-order valence-electron chi connectivity index (χ1n) is 8.84. The van der Waals surface area contributed by atoms with Gasteiger partial charge in [-0.15, -0.1) is 24.0 Å². The van der Waals surface area contributed by atoms with Crippen molar-refractivity contribution in [3.63, 3.8) is 0 Å². The molecule has 1 atom stereocenters. The molecule has 1 aliphatic carbocycles. The van der Waals surface area contributed by atoms with Crippen molar-refractivity contribution in [1.82, 2.24) is 20.5 Å². The maximum absolute atomic E-state index is 5.59. The van der Waals surface area contributed by atoms with Crippen LogP contribution in [0.25, 0.3) is 0 Å². The van der Waals surface area contributed by atoms with Gasteiger partial charge in [0, 0.05) is 25.7 Å². The van der Waals surface area contributed by atoms with Gasteiger partial charge in [-0.2, -0.15) is 0 Å². The lowest BCUT2D eigenvalue weighted by atomic mass is 10.1. The van der Waals surface area contributed by atoms with Crippen molar-refractivity contribution in [1.29, 1.82) is 0 Å². The SMILES string of the molecule is CCNC(=NCc1nc(C)c(C)o1)NCC1CCN(C2CC2)C1.I. The molecule has 2 fully saturated rings. The zero-order chi connectivity index (χ0) is 16.2. The summed E-state index contributed by atoms with van der Waals surface area (Å²) in [6, 6.07) is 0.887. The predicted molar refractivity (Wildman–Crippen MR) is 107 cm³/mol. The molecule has 7 heteroatoms. The van der Waals surface area contributed by atoms with Crippen LogP contribution in [0.5, 0.6) is 0 Å². The molecular formula is C17H30IN5O. The minimum absolute atomic E-state index is 0. The van der Waals surface area contributed by atoms with Crippen LogP contribution in [-0.4, -0.2) is 48.1 Å². The summed E-state index contributed by atoms with van der Waals surface area (Å²) in [5, 5.41) is 6.78. The van der Waals surface area contributed by atoms with Crippen LogP contribution in [0.4, 0.5) is 0 Å². The standard InChI is InChI=1S/C17H29N5O.HI/c1-4-18-17(20-10-16-21-12(2)13(3)23-16)19-9-14-7-8-22(11-14)15-5-6-15;/h14-15H,4-11H2,1-3H3,(H2,18,19,20);1H. The summed E-state index contributed by atoms with van der Waals surface area (Å²) in [5.74, 6) is 3.13. The summed E-state index contributed by atoms with van der Waals surface area (Å²) in [4.78, 5) is 11.6. The summed E-state index contributed by atoms with van der Waals surface area (Å²) >= 11 is 0. The minimum Gasteiger partial charge on any atom is -0.444 e. The molecule has 24 heavy (non-hydrogen) atoms. The van der Waals surface area contributed by atoms with Crippen LogP contribution in [0.15, 0.2) is 9.41 Å². The number of aromatic nitrogens is 1. The van der Waals surface area contributed by atoms with Gasteiger partial charge in [-0.05, 0) is 52.5 Å². The average molecular weight is 447 g/mol. The molecule has 1 aromatic rings. The molecular weight excluding hydrogens is 417 g/mol. The summed E-state index contributed by atoms with van der Waals surface area (Å²) in [5.41, 5.74) is 0.944. The number of rotatable bonds is 6. The van der Waals surface area contributed by atoms with E-state index in [1.807, 2.05) is 13.8 Å². The second-order valence-electron chi connectivity index (χ2n) is 6.71. The molecule has 1 aliphatic heterocycles. The maximum atomic E-state index is 5.59. The molecule has 0 aromatic carbocycles. The number of aryl methyl sites for hydroxylation is 2. The first kappa shape index (κ1) is 19.5. The Hall–Kier alpha value is -0.830. The number of hydrogen-bond acceptors (Lipinski definition) is 4. The Morgan fingerprint density at radius 1 is 1.29 bits per heavy atom. The van der Waals surface area contributed by atoms with Crippen molar-refractivity contribution in [2.24, 2.45) is 10.9 Å². The van der Waals surface area contributed by atoms with E-state index in [0.717, 1.165) is 42.5 Å². The number of halogens is 1. The molecule has 0 amide bonds. The Bertz CT molecular complexity index is 536. The number of nitrogens with one attached hydrogen (secondary N) is 2. The van der Waals surface area contributed by atoms with Crippen molar-refractivity contribution in [2.75, 3.05) is 26.2 Å². The van der Waals surface area contributed by atoms with Gasteiger partial charge in [0.15, 0.2) is 5.96 Å². The van der Waals surface area contributed by atoms with Crippen molar-refractivity contribution in [3.8, 4) is 0 Å². The predicted octanol–water partition coefficient (Wildman–Crippen LogP) is 2.45. The smallest absolute Gasteiger partial charge is 0.216 e. The molecule has 6 nitrogen and oxygen atoms in total. The topological polar surface area (TPSA) is 65.7 Å². The van der Waals surface area contributed by atoms with Gasteiger partial charge in [0.1, 0.15) is 12.3 Å². The Balaban J connectivity index is 0.00000208. The molecule has 1 unspecified atom stereocenters. The Morgan fingerprint density at radius 3 is 2.71 bits per heavy atom. The molecule has 2 heterocycles. The van der Waals surface area contributed by atoms with E-state index in [1.165, 1.54) is 32.4 Å². The van der Waals surface area contributed by atoms with Crippen molar-refractivity contribution in [3.05, 3.63) is 17.3 Å². The summed E-state index contributed by atoms with van der Waals surface area (Å²) < 4.78 is 5.59. The number of guanidine groups is 1. The molecule has 0 radical (unpaired) electrons. The summed E-state index contributed by atoms with van der Waals surface area (Å²) in [7, 11) is 0. The van der Waals surface area contributed by atoms with E-state index in [0.29, 0.717) is 12.4 Å². The van der Waals surface area contributed by atoms with E-state index in [4.69, 9.17) is 4.42 Å². The quantitative estimate of drug-likeness (QED) is 0.399. The zero-order valence-corrected chi connectivity index (χ0v) is 17.3. The largest absolute Gasteiger partial charge is 0.444 e. The highest BCUT2D eigenvalue weighted by atomic mass is 127. The molecule has 2 aliphatic rings. The van der Waals surface area contributed by atoms with Crippen LogP contribution in [-0.2, 0) is 6.54 Å². The Morgan fingerprint density at radius 2 is 2.08 bits per heavy atom. The lowest BCUT2D eigenvalue weighted by Crippen LogP contribution is -2.40. The van der Waals surface area contributed by atoms with Gasteiger partial charge in [-0.3, -0.25) is 0 Å². The van der Waals surface area contributed by atoms with Gasteiger partial charge in [-0.25, -0.2) is 9.98 Å². The second-order valence-corrected chi connectivity index (χ2v) is 6.71. The number of nitrogens with zero attached hydrogens (tertiary/aromatic N) is 3. The van der Waals surface area contributed by atoms with Crippen LogP contribution >= 0.6 is 24.0 Å². The Kier molecular flexibility index (Phi) is 7.34. The molecule has 1 aromatic heterocycles. The third kappa shape index (κ3) is 5.34. The summed E-state index contributed by atoms with van der Waals surface area (Å²) in [6.45, 7) is 10.8. The molecule has 1 saturated heterocycles. The number of oxazole rings is 1. The fourth-order valence-corrected chi connectivity index (χ4v) is 3.14. The highest BCUT2D eigenvalue weighted by Gasteiger charge is 2.34. The second kappa shape index (κ2) is 9.03. The number of aliphatic imine (C=N–C) groups is 1. The fraction of sp³-hybridized carbons (Fsp3) is 0.765. The number of hydrogen-bond donors (Lipinski definition) is 2. The van der Waals surface area contributed by atoms with Crippen LogP contribution in [0.2, 0.25) is 0 Å². The van der Waals surface area contributed by atoms with Crippen LogP contribution < -0.4 is 10.6 Å². The maximum Gasteiger partial charge on any atom is 0.216 e. The van der Waals surface area contributed by atoms with E-state index in [-0.39, 0.29) is 24.0 Å². The van der Waals surface area contributed by atoms with E-state index < -0.39 is 0 Å². The van der Waals surface area contributed by atoms with Crippen molar-refractivity contribution < 1.29 is 4.42 Å². The van der Waals surface area contributed by atoms with Gasteiger partial charge in [-0.1, -0.05) is 0 Å². The first-order valence-corrected chi connectivity index (χ1v) is 8.84. The monoisotopic (exact) mass is 447 g/mol. The third-order valence-electron chi connectivity index (χ3n) is 4.73. The Labute approximate surface area is 161 Å². The number of likely N-dealkylation sites (tertiary alicyclic amines) is 1. The van der Waals surface area contributed by atoms with Crippen LogP contribution in [0, 0.1) is 19.8 Å². The first-order chi connectivity index (χ1) is 11.2. The van der Waals surface area contributed by atoms with Crippen LogP contribution in [0.1, 0.15) is 43.5 Å². The van der Waals surface area contributed by atoms with Gasteiger partial charge in [0.2, 0.25) is 5.89 Å². The summed E-state index contributed by atoms with van der Waals surface area (Å²) in [6.07, 6.45) is 4.10. The highest BCUT2D eigenvalue weighted by molar-refractivity contribution is 14.0. The van der Waals surface area contributed by atoms with Crippen molar-refractivity contribution >= 4 is 29.9 Å². The zero-order valence-electron chi connectivity index (χ0n) is 15.0. The van der Waals surface area contributed by atoms with Gasteiger partial charge in [0.05, 0.1) is 5.69 Å². The van der Waals surface area contributed by atoms with E-state index >= 15 is 0 Å². The highest BCUT2D eigenvalue weighted by Crippen LogP contribution is 2.31. The molecule has 1 saturated carbocycles. The minimum atomic E-state index is 0. The van der Waals surface area contributed by atoms with E-state index in [2.05, 4.69) is 32.4 Å². The van der Waals surface area contributed by atoms with E-state index in [1.54, 1.807) is 0 Å². The van der Waals surface area contributed by atoms with E-state index in [9.17, 15) is 0 Å². The van der Waals surface area contributed by atoms with Gasteiger partial charge in [0.25, 0.3) is 0 Å². The lowest BCUT2D eigenvalue weighted by molar-refractivity contribution is 0.314. The lowest BCUT2D eigenvalue weighted by Gasteiger charge is -2.16. The average Bonchev–Trinajstić information content (AvgIpc) is 3.19. The van der Waals surface area contributed by atoms with Crippen LogP contribution in [0.3, 0.4) is 0 Å². The van der Waals surface area contributed by atoms with Crippen molar-refractivity contribution in [2.45, 2.75) is 52.6 Å². The molecule has 136 valence electrons. The van der Waals surface area contributed by atoms with Gasteiger partial charge < -0.3 is 20.0 Å². The molecule has 0 spiro atoms. The van der Waals surface area contributed by atoms with Gasteiger partial charge >= 0.3 is 0 Å². The molecule has 2 N–H and O–H groups in total. The molecule has 3 rings (SSSR count). The third-order valence-corrected chi connectivity index (χ3v) is 4.73. The fourth-order valence-electron chi connectivity index (χ4n) is 3.14.